The summed E-state index contributed by atoms with van der Waals surface area (Å²) >= 11 is 5.76. The summed E-state index contributed by atoms with van der Waals surface area (Å²) in [5, 5.41) is -0.411. The molecule has 0 bridgehead atoms. The van der Waals surface area contributed by atoms with Crippen LogP contribution in [0.5, 0.6) is 0 Å². The first-order valence-electron chi connectivity index (χ1n) is 7.22. The second kappa shape index (κ2) is 7.30. The quantitative estimate of drug-likeness (QED) is 0.742. The average Bonchev–Trinajstić information content (AvgIpc) is 2.55. The van der Waals surface area contributed by atoms with E-state index in [-0.39, 0.29) is 10.6 Å². The molecule has 0 radical (unpaired) electrons. The third-order valence-electron chi connectivity index (χ3n) is 3.55. The Morgan fingerprint density at radius 1 is 0.926 bits per heavy atom. The minimum absolute atomic E-state index is 0.150. The van der Waals surface area contributed by atoms with E-state index >= 15 is 0 Å². The maximum Gasteiger partial charge on any atom is 0.416 e. The minimum Gasteiger partial charge on any atom is -0.280 e. The summed E-state index contributed by atoms with van der Waals surface area (Å²) in [5.74, 6) is 0. The van der Waals surface area contributed by atoms with E-state index < -0.39 is 41.7 Å². The lowest BCUT2D eigenvalue weighted by molar-refractivity contribution is -0.137. The third-order valence-corrected chi connectivity index (χ3v) is 6.97. The lowest BCUT2D eigenvalue weighted by Gasteiger charge is -2.14. The molecule has 2 N–H and O–H groups in total. The van der Waals surface area contributed by atoms with Crippen molar-refractivity contribution < 1.29 is 30.0 Å². The summed E-state index contributed by atoms with van der Waals surface area (Å²) in [5.41, 5.74) is -0.984. The summed E-state index contributed by atoms with van der Waals surface area (Å²) in [6.07, 6.45) is -4.76. The van der Waals surface area contributed by atoms with Crippen molar-refractivity contribution in [3.63, 3.8) is 0 Å². The van der Waals surface area contributed by atoms with Crippen molar-refractivity contribution >= 4 is 37.3 Å². The lowest BCUT2D eigenvalue weighted by atomic mass is 10.2. The SMILES string of the molecule is CNS(=O)(=O)c1cc(NS(=O)(=O)c2cc(C(F)(F)F)ccc2Cl)ccc1C. The zero-order valence-electron chi connectivity index (χ0n) is 13.9. The van der Waals surface area contributed by atoms with Gasteiger partial charge in [-0.3, -0.25) is 4.72 Å². The molecule has 0 aliphatic rings. The van der Waals surface area contributed by atoms with Crippen LogP contribution in [0.25, 0.3) is 0 Å². The van der Waals surface area contributed by atoms with Gasteiger partial charge in [0, 0.05) is 0 Å². The molecule has 2 aromatic carbocycles. The van der Waals surface area contributed by atoms with Crippen molar-refractivity contribution in [2.45, 2.75) is 22.9 Å². The standard InChI is InChI=1S/C15H14ClF3N2O4S2/c1-9-3-5-11(8-13(9)26(22,23)20-2)21-27(24,25)14-7-10(15(17,18)19)4-6-12(14)16/h3-8,20-21H,1-2H3. The first-order valence-corrected chi connectivity index (χ1v) is 10.6. The predicted octanol–water partition coefficient (Wildman–Crippen LogP) is 3.38. The van der Waals surface area contributed by atoms with Crippen molar-refractivity contribution in [2.75, 3.05) is 11.8 Å². The van der Waals surface area contributed by atoms with Gasteiger partial charge in [0.15, 0.2) is 0 Å². The Bertz CT molecular complexity index is 1080. The molecule has 2 aromatic rings. The minimum atomic E-state index is -4.76. The van der Waals surface area contributed by atoms with Crippen LogP contribution < -0.4 is 9.44 Å². The Kier molecular flexibility index (Phi) is 5.81. The molecule has 0 unspecified atom stereocenters. The Morgan fingerprint density at radius 3 is 2.11 bits per heavy atom. The molecule has 2 rings (SSSR count). The van der Waals surface area contributed by atoms with Gasteiger partial charge in [-0.2, -0.15) is 13.2 Å². The Hall–Kier alpha value is -1.82. The van der Waals surface area contributed by atoms with Gasteiger partial charge in [0.1, 0.15) is 4.90 Å². The number of nitrogens with one attached hydrogen (secondary N) is 2. The number of hydrogen-bond acceptors (Lipinski definition) is 4. The first kappa shape index (κ1) is 21.5. The fraction of sp³-hybridized carbons (Fsp3) is 0.200. The van der Waals surface area contributed by atoms with E-state index in [1.54, 1.807) is 0 Å². The van der Waals surface area contributed by atoms with Crippen LogP contribution >= 0.6 is 11.6 Å². The van der Waals surface area contributed by atoms with Crippen molar-refractivity contribution in [2.24, 2.45) is 0 Å². The maximum absolute atomic E-state index is 12.9. The number of benzene rings is 2. The van der Waals surface area contributed by atoms with E-state index in [0.29, 0.717) is 17.7 Å². The van der Waals surface area contributed by atoms with Gasteiger partial charge < -0.3 is 0 Å². The number of halogens is 4. The Morgan fingerprint density at radius 2 is 1.56 bits per heavy atom. The monoisotopic (exact) mass is 442 g/mol. The van der Waals surface area contributed by atoms with E-state index in [4.69, 9.17) is 11.6 Å². The summed E-state index contributed by atoms with van der Waals surface area (Å²) in [4.78, 5) is -0.960. The first-order chi connectivity index (χ1) is 12.3. The second-order valence-electron chi connectivity index (χ2n) is 5.44. The normalized spacial score (nSPS) is 12.8. The van der Waals surface area contributed by atoms with Gasteiger partial charge >= 0.3 is 6.18 Å². The smallest absolute Gasteiger partial charge is 0.280 e. The van der Waals surface area contributed by atoms with Gasteiger partial charge in [0.05, 0.1) is 21.2 Å². The highest BCUT2D eigenvalue weighted by Crippen LogP contribution is 2.34. The highest BCUT2D eigenvalue weighted by atomic mass is 35.5. The van der Waals surface area contributed by atoms with Crippen LogP contribution in [0.1, 0.15) is 11.1 Å². The van der Waals surface area contributed by atoms with E-state index in [9.17, 15) is 30.0 Å². The predicted molar refractivity (Wildman–Crippen MR) is 94.7 cm³/mol. The number of alkyl halides is 3. The molecule has 0 amide bonds. The number of sulfonamides is 2. The summed E-state index contributed by atoms with van der Waals surface area (Å²) < 4.78 is 91.6. The molecule has 0 spiro atoms. The Balaban J connectivity index is 2.51. The van der Waals surface area contributed by atoms with Crippen LogP contribution in [-0.4, -0.2) is 23.9 Å². The van der Waals surface area contributed by atoms with E-state index in [1.807, 2.05) is 4.72 Å². The van der Waals surface area contributed by atoms with Crippen LogP contribution in [0.4, 0.5) is 18.9 Å². The van der Waals surface area contributed by atoms with E-state index in [0.717, 1.165) is 12.1 Å². The molecule has 0 saturated carbocycles. The summed E-state index contributed by atoms with van der Waals surface area (Å²) in [6, 6.07) is 5.58. The van der Waals surface area contributed by atoms with Crippen LogP contribution in [0.15, 0.2) is 46.2 Å². The van der Waals surface area contributed by atoms with Crippen LogP contribution in [0.2, 0.25) is 5.02 Å². The number of rotatable bonds is 5. The van der Waals surface area contributed by atoms with E-state index in [1.165, 1.54) is 26.1 Å². The third kappa shape index (κ3) is 4.72. The van der Waals surface area contributed by atoms with Crippen LogP contribution in [0.3, 0.4) is 0 Å². The average molecular weight is 443 g/mol. The molecule has 0 aromatic heterocycles. The molecular formula is C15H14ClF3N2O4S2. The van der Waals surface area contributed by atoms with Gasteiger partial charge in [-0.15, -0.1) is 0 Å². The van der Waals surface area contributed by atoms with Crippen molar-refractivity contribution in [3.05, 3.63) is 52.5 Å². The number of aryl methyl sites for hydroxylation is 1. The molecule has 0 heterocycles. The number of anilines is 1. The summed E-state index contributed by atoms with van der Waals surface area (Å²) in [6.45, 7) is 1.51. The molecule has 0 atom stereocenters. The topological polar surface area (TPSA) is 92.3 Å². The molecule has 0 saturated heterocycles. The molecule has 27 heavy (non-hydrogen) atoms. The maximum atomic E-state index is 12.9. The summed E-state index contributed by atoms with van der Waals surface area (Å²) in [7, 11) is -7.18. The molecule has 6 nitrogen and oxygen atoms in total. The number of hydrogen-bond donors (Lipinski definition) is 2. The highest BCUT2D eigenvalue weighted by Gasteiger charge is 2.33. The highest BCUT2D eigenvalue weighted by molar-refractivity contribution is 7.93. The van der Waals surface area contributed by atoms with Crippen molar-refractivity contribution in [3.8, 4) is 0 Å². The van der Waals surface area contributed by atoms with Gasteiger partial charge in [0.25, 0.3) is 10.0 Å². The molecule has 0 aliphatic heterocycles. The van der Waals surface area contributed by atoms with Gasteiger partial charge in [0.2, 0.25) is 10.0 Å². The van der Waals surface area contributed by atoms with Crippen LogP contribution in [0, 0.1) is 6.92 Å². The molecule has 0 fully saturated rings. The van der Waals surface area contributed by atoms with Crippen LogP contribution in [-0.2, 0) is 26.2 Å². The second-order valence-corrected chi connectivity index (χ2v) is 9.35. The Labute approximate surface area is 159 Å². The molecular weight excluding hydrogens is 429 g/mol. The fourth-order valence-corrected chi connectivity index (χ4v) is 4.73. The van der Waals surface area contributed by atoms with Crippen molar-refractivity contribution in [1.82, 2.24) is 4.72 Å². The molecule has 12 heteroatoms. The lowest BCUT2D eigenvalue weighted by Crippen LogP contribution is -2.20. The van der Waals surface area contributed by atoms with Gasteiger partial charge in [-0.1, -0.05) is 17.7 Å². The van der Waals surface area contributed by atoms with Gasteiger partial charge in [-0.05, 0) is 49.9 Å². The van der Waals surface area contributed by atoms with E-state index in [2.05, 4.69) is 4.72 Å². The molecule has 0 aliphatic carbocycles. The van der Waals surface area contributed by atoms with Gasteiger partial charge in [-0.25, -0.2) is 21.6 Å². The fourth-order valence-electron chi connectivity index (χ4n) is 2.16. The zero-order valence-corrected chi connectivity index (χ0v) is 16.3. The largest absolute Gasteiger partial charge is 0.416 e. The zero-order chi connectivity index (χ0) is 20.6. The van der Waals surface area contributed by atoms with Crippen molar-refractivity contribution in [1.29, 1.82) is 0 Å². The molecule has 148 valence electrons.